The van der Waals surface area contributed by atoms with Gasteiger partial charge in [-0.3, -0.25) is 4.90 Å². The number of hydrogen-bond acceptors (Lipinski definition) is 4. The highest BCUT2D eigenvalue weighted by molar-refractivity contribution is 5.19. The Morgan fingerprint density at radius 2 is 2.12 bits per heavy atom. The molecule has 3 aliphatic heterocycles. The minimum Gasteiger partial charge on any atom is -0.379 e. The molecule has 0 saturated carbocycles. The topological polar surface area (TPSA) is 27.7 Å². The molecule has 2 fully saturated rings. The van der Waals surface area contributed by atoms with Crippen molar-refractivity contribution in [1.29, 1.82) is 0 Å². The van der Waals surface area contributed by atoms with Gasteiger partial charge < -0.3 is 15.0 Å². The molecule has 1 radical (unpaired) electrons. The lowest BCUT2D eigenvalue weighted by molar-refractivity contribution is -0.0109. The summed E-state index contributed by atoms with van der Waals surface area (Å²) in [5, 5.41) is 3.27. The number of hydrogen-bond donors (Lipinski definition) is 1. The van der Waals surface area contributed by atoms with Crippen LogP contribution in [0.3, 0.4) is 0 Å². The van der Waals surface area contributed by atoms with Gasteiger partial charge in [0, 0.05) is 31.9 Å². The fourth-order valence-corrected chi connectivity index (χ4v) is 2.89. The van der Waals surface area contributed by atoms with Crippen molar-refractivity contribution in [2.24, 2.45) is 0 Å². The third kappa shape index (κ3) is 1.97. The van der Waals surface area contributed by atoms with Crippen molar-refractivity contribution in [3.05, 3.63) is 18.3 Å². The molecular formula is C12H20N3O. The van der Waals surface area contributed by atoms with E-state index in [4.69, 9.17) is 4.74 Å². The first-order chi connectivity index (χ1) is 7.95. The Balaban J connectivity index is 1.68. The molecule has 0 spiro atoms. The average molecular weight is 222 g/mol. The van der Waals surface area contributed by atoms with Crippen LogP contribution in [0.1, 0.15) is 12.8 Å². The Morgan fingerprint density at radius 3 is 2.88 bits per heavy atom. The Labute approximate surface area is 97.2 Å². The van der Waals surface area contributed by atoms with Gasteiger partial charge >= 0.3 is 0 Å². The molecule has 3 rings (SSSR count). The van der Waals surface area contributed by atoms with E-state index in [1.807, 2.05) is 0 Å². The first-order valence-electron chi connectivity index (χ1n) is 6.30. The second-order valence-corrected chi connectivity index (χ2v) is 4.65. The minimum absolute atomic E-state index is 0.603. The van der Waals surface area contributed by atoms with Gasteiger partial charge in [-0.05, 0) is 18.9 Å². The molecule has 3 aliphatic rings. The summed E-state index contributed by atoms with van der Waals surface area (Å²) < 4.78 is 5.43. The molecular weight excluding hydrogens is 202 g/mol. The van der Waals surface area contributed by atoms with E-state index >= 15 is 0 Å². The predicted octanol–water partition coefficient (Wildman–Crippen LogP) is 0.389. The normalized spacial score (nSPS) is 32.1. The number of likely N-dealkylation sites (tertiary alicyclic amines) is 1. The smallest absolute Gasteiger partial charge is 0.0820 e. The number of ether oxygens (including phenoxy) is 1. The maximum absolute atomic E-state index is 5.43. The van der Waals surface area contributed by atoms with Crippen molar-refractivity contribution in [3.8, 4) is 0 Å². The van der Waals surface area contributed by atoms with Gasteiger partial charge in [-0.15, -0.1) is 0 Å². The van der Waals surface area contributed by atoms with Crippen LogP contribution in [-0.4, -0.2) is 55.4 Å². The van der Waals surface area contributed by atoms with E-state index in [0.29, 0.717) is 6.17 Å². The maximum Gasteiger partial charge on any atom is 0.0820 e. The zero-order chi connectivity index (χ0) is 10.8. The Morgan fingerprint density at radius 1 is 1.25 bits per heavy atom. The van der Waals surface area contributed by atoms with Crippen molar-refractivity contribution in [2.75, 3.05) is 39.4 Å². The van der Waals surface area contributed by atoms with Gasteiger partial charge in [-0.25, -0.2) is 0 Å². The summed E-state index contributed by atoms with van der Waals surface area (Å²) >= 11 is 0. The van der Waals surface area contributed by atoms with Crippen molar-refractivity contribution in [1.82, 2.24) is 15.1 Å². The molecule has 16 heavy (non-hydrogen) atoms. The van der Waals surface area contributed by atoms with Crippen LogP contribution in [0.4, 0.5) is 0 Å². The molecule has 3 heterocycles. The van der Waals surface area contributed by atoms with Crippen LogP contribution < -0.4 is 5.32 Å². The Kier molecular flexibility index (Phi) is 3.13. The molecule has 1 atom stereocenters. The Bertz CT molecular complexity index is 273. The van der Waals surface area contributed by atoms with E-state index in [-0.39, 0.29) is 0 Å². The number of nitrogens with one attached hydrogen (secondary N) is 1. The second-order valence-electron chi connectivity index (χ2n) is 4.65. The largest absolute Gasteiger partial charge is 0.379 e. The molecule has 0 amide bonds. The first kappa shape index (κ1) is 10.6. The highest BCUT2D eigenvalue weighted by Gasteiger charge is 2.32. The Hall–Kier alpha value is -0.580. The molecule has 0 aromatic carbocycles. The van der Waals surface area contributed by atoms with Crippen molar-refractivity contribution in [3.63, 3.8) is 0 Å². The van der Waals surface area contributed by atoms with E-state index in [9.17, 15) is 0 Å². The molecule has 89 valence electrons. The standard InChI is InChI=1S/C12H20N3O/c1-2-12(14-6-8-16-9-7-14)15(5-1)11-3-4-13-10-11/h3,10,12-13H,1-2,4-9H2. The van der Waals surface area contributed by atoms with Gasteiger partial charge in [0.2, 0.25) is 0 Å². The molecule has 4 heteroatoms. The van der Waals surface area contributed by atoms with Gasteiger partial charge in [0.05, 0.1) is 25.9 Å². The van der Waals surface area contributed by atoms with Crippen molar-refractivity contribution >= 4 is 0 Å². The number of rotatable bonds is 2. The van der Waals surface area contributed by atoms with Gasteiger partial charge in [0.1, 0.15) is 0 Å². The van der Waals surface area contributed by atoms with Gasteiger partial charge in [0.25, 0.3) is 0 Å². The average Bonchev–Trinajstić information content (AvgIpc) is 3.01. The van der Waals surface area contributed by atoms with Crippen LogP contribution in [0.2, 0.25) is 0 Å². The van der Waals surface area contributed by atoms with E-state index < -0.39 is 0 Å². The maximum atomic E-state index is 5.43. The predicted molar refractivity (Wildman–Crippen MR) is 62.5 cm³/mol. The van der Waals surface area contributed by atoms with Gasteiger partial charge in [0.15, 0.2) is 0 Å². The summed E-state index contributed by atoms with van der Waals surface area (Å²) in [4.78, 5) is 5.12. The molecule has 0 aromatic rings. The monoisotopic (exact) mass is 222 g/mol. The van der Waals surface area contributed by atoms with Gasteiger partial charge in [-0.1, -0.05) is 0 Å². The highest BCUT2D eigenvalue weighted by atomic mass is 16.5. The SMILES string of the molecule is [CH]1NCC=C1N1CCCC1N1CCOCC1. The van der Waals surface area contributed by atoms with Crippen LogP contribution >= 0.6 is 0 Å². The highest BCUT2D eigenvalue weighted by Crippen LogP contribution is 2.27. The van der Waals surface area contributed by atoms with Crippen LogP contribution in [0.25, 0.3) is 0 Å². The quantitative estimate of drug-likeness (QED) is 0.731. The molecule has 4 nitrogen and oxygen atoms in total. The fourth-order valence-electron chi connectivity index (χ4n) is 2.89. The van der Waals surface area contributed by atoms with E-state index in [1.165, 1.54) is 25.1 Å². The molecule has 0 aliphatic carbocycles. The summed E-state index contributed by atoms with van der Waals surface area (Å²) in [5.74, 6) is 0. The molecule has 0 bridgehead atoms. The van der Waals surface area contributed by atoms with Crippen LogP contribution in [-0.2, 0) is 4.74 Å². The van der Waals surface area contributed by atoms with E-state index in [2.05, 4.69) is 27.7 Å². The lowest BCUT2D eigenvalue weighted by atomic mass is 10.2. The summed E-state index contributed by atoms with van der Waals surface area (Å²) in [6, 6.07) is 0. The lowest BCUT2D eigenvalue weighted by Crippen LogP contribution is -2.49. The first-order valence-corrected chi connectivity index (χ1v) is 6.30. The van der Waals surface area contributed by atoms with Crippen molar-refractivity contribution < 1.29 is 4.74 Å². The number of nitrogens with zero attached hydrogens (tertiary/aromatic N) is 2. The van der Waals surface area contributed by atoms with Crippen LogP contribution in [0, 0.1) is 6.54 Å². The zero-order valence-corrected chi connectivity index (χ0v) is 9.69. The van der Waals surface area contributed by atoms with Crippen LogP contribution in [0.5, 0.6) is 0 Å². The third-order valence-electron chi connectivity index (χ3n) is 3.70. The van der Waals surface area contributed by atoms with Crippen molar-refractivity contribution in [2.45, 2.75) is 19.0 Å². The minimum atomic E-state index is 0.603. The third-order valence-corrected chi connectivity index (χ3v) is 3.70. The molecule has 1 unspecified atom stereocenters. The summed E-state index contributed by atoms with van der Waals surface area (Å²) in [6.45, 7) is 8.30. The fraction of sp³-hybridized carbons (Fsp3) is 0.750. The molecule has 1 N–H and O–H groups in total. The summed E-state index contributed by atoms with van der Waals surface area (Å²) in [7, 11) is 0. The second kappa shape index (κ2) is 4.73. The lowest BCUT2D eigenvalue weighted by Gasteiger charge is -2.38. The van der Waals surface area contributed by atoms with E-state index in [1.54, 1.807) is 0 Å². The summed E-state index contributed by atoms with van der Waals surface area (Å²) in [5.41, 5.74) is 1.38. The van der Waals surface area contributed by atoms with Crippen LogP contribution in [0.15, 0.2) is 11.8 Å². The number of morpholine rings is 1. The van der Waals surface area contributed by atoms with E-state index in [0.717, 1.165) is 32.8 Å². The molecule has 2 saturated heterocycles. The zero-order valence-electron chi connectivity index (χ0n) is 9.69. The summed E-state index contributed by atoms with van der Waals surface area (Å²) in [6.07, 6.45) is 5.50. The molecule has 0 aromatic heterocycles. The van der Waals surface area contributed by atoms with Gasteiger partial charge in [-0.2, -0.15) is 0 Å².